The second kappa shape index (κ2) is 6.59. The van der Waals surface area contributed by atoms with Crippen LogP contribution in [0.15, 0.2) is 45.3 Å². The van der Waals surface area contributed by atoms with Crippen LogP contribution >= 0.6 is 15.9 Å². The van der Waals surface area contributed by atoms with Crippen molar-refractivity contribution in [1.82, 2.24) is 10.2 Å². The van der Waals surface area contributed by atoms with Gasteiger partial charge in [-0.05, 0) is 49.6 Å². The number of hydrogen-bond donors (Lipinski definition) is 0. The number of benzene rings is 2. The third-order valence-electron chi connectivity index (χ3n) is 4.46. The quantitative estimate of drug-likeness (QED) is 0.625. The largest absolute Gasteiger partial charge is 0.419 e. The van der Waals surface area contributed by atoms with Crippen LogP contribution in [0.5, 0.6) is 0 Å². The lowest BCUT2D eigenvalue weighted by atomic mass is 9.97. The molecule has 0 saturated heterocycles. The second-order valence-electron chi connectivity index (χ2n) is 6.23. The summed E-state index contributed by atoms with van der Waals surface area (Å²) in [6, 6.07) is 11.1. The first-order valence-corrected chi connectivity index (χ1v) is 9.02. The standard InChI is InChI=1S/C19H17BrFN3O/c1-12-7-8-16(21)15-6-3-9-24(18(12)15)11-17-22-23-19(25-17)13-4-2-5-14(20)10-13/h2,4-5,7-8,10H,3,6,9,11H2,1H3. The third kappa shape index (κ3) is 3.18. The summed E-state index contributed by atoms with van der Waals surface area (Å²) >= 11 is 3.44. The lowest BCUT2D eigenvalue weighted by Gasteiger charge is -2.31. The minimum absolute atomic E-state index is 0.134. The Balaban J connectivity index is 1.62. The molecule has 2 heterocycles. The molecule has 128 valence electrons. The van der Waals surface area contributed by atoms with Gasteiger partial charge in [0, 0.05) is 27.8 Å². The molecule has 0 amide bonds. The second-order valence-corrected chi connectivity index (χ2v) is 7.14. The average Bonchev–Trinajstić information content (AvgIpc) is 3.07. The van der Waals surface area contributed by atoms with Crippen molar-refractivity contribution >= 4 is 21.6 Å². The van der Waals surface area contributed by atoms with Gasteiger partial charge in [0.05, 0.1) is 6.54 Å². The van der Waals surface area contributed by atoms with Crippen LogP contribution in [0, 0.1) is 12.7 Å². The number of aryl methyl sites for hydroxylation is 1. The molecule has 1 aliphatic rings. The summed E-state index contributed by atoms with van der Waals surface area (Å²) in [5.41, 5.74) is 3.70. The Morgan fingerprint density at radius 2 is 2.12 bits per heavy atom. The summed E-state index contributed by atoms with van der Waals surface area (Å²) in [6.45, 7) is 3.35. The van der Waals surface area contributed by atoms with Crippen LogP contribution in [0.3, 0.4) is 0 Å². The van der Waals surface area contributed by atoms with Crippen molar-refractivity contribution in [3.8, 4) is 11.5 Å². The predicted molar refractivity (Wildman–Crippen MR) is 97.9 cm³/mol. The van der Waals surface area contributed by atoms with E-state index < -0.39 is 0 Å². The van der Waals surface area contributed by atoms with E-state index in [4.69, 9.17) is 4.42 Å². The monoisotopic (exact) mass is 401 g/mol. The molecule has 0 saturated carbocycles. The number of fused-ring (bicyclic) bond motifs is 1. The molecule has 4 rings (SSSR count). The first kappa shape index (κ1) is 16.3. The highest BCUT2D eigenvalue weighted by atomic mass is 79.9. The van der Waals surface area contributed by atoms with Gasteiger partial charge in [-0.1, -0.05) is 28.1 Å². The molecular weight excluding hydrogens is 385 g/mol. The van der Waals surface area contributed by atoms with Crippen LogP contribution in [0.2, 0.25) is 0 Å². The van der Waals surface area contributed by atoms with Crippen molar-refractivity contribution in [3.05, 3.63) is 63.7 Å². The zero-order chi connectivity index (χ0) is 17.4. The highest BCUT2D eigenvalue weighted by molar-refractivity contribution is 9.10. The highest BCUT2D eigenvalue weighted by Gasteiger charge is 2.23. The fraction of sp³-hybridized carbons (Fsp3) is 0.263. The van der Waals surface area contributed by atoms with E-state index in [1.165, 1.54) is 0 Å². The fourth-order valence-electron chi connectivity index (χ4n) is 3.34. The van der Waals surface area contributed by atoms with E-state index in [1.54, 1.807) is 6.07 Å². The highest BCUT2D eigenvalue weighted by Crippen LogP contribution is 2.33. The number of rotatable bonds is 3. The van der Waals surface area contributed by atoms with E-state index in [-0.39, 0.29) is 5.82 Å². The topological polar surface area (TPSA) is 42.2 Å². The molecule has 1 aromatic heterocycles. The van der Waals surface area contributed by atoms with E-state index in [1.807, 2.05) is 37.3 Å². The van der Waals surface area contributed by atoms with Crippen molar-refractivity contribution in [1.29, 1.82) is 0 Å². The van der Waals surface area contributed by atoms with Crippen molar-refractivity contribution in [2.45, 2.75) is 26.3 Å². The van der Waals surface area contributed by atoms with Crippen LogP contribution in [0.1, 0.15) is 23.4 Å². The lowest BCUT2D eigenvalue weighted by Crippen LogP contribution is -2.30. The molecule has 2 aromatic carbocycles. The number of anilines is 1. The fourth-order valence-corrected chi connectivity index (χ4v) is 3.74. The van der Waals surface area contributed by atoms with Crippen molar-refractivity contribution in [3.63, 3.8) is 0 Å². The normalized spacial score (nSPS) is 13.8. The number of aromatic nitrogens is 2. The minimum Gasteiger partial charge on any atom is -0.419 e. The molecule has 0 aliphatic carbocycles. The Hall–Kier alpha value is -2.21. The molecule has 6 heteroatoms. The zero-order valence-corrected chi connectivity index (χ0v) is 15.4. The molecule has 0 N–H and O–H groups in total. The summed E-state index contributed by atoms with van der Waals surface area (Å²) in [6.07, 6.45) is 1.69. The smallest absolute Gasteiger partial charge is 0.247 e. The molecule has 0 atom stereocenters. The van der Waals surface area contributed by atoms with Crippen molar-refractivity contribution in [2.75, 3.05) is 11.4 Å². The van der Waals surface area contributed by atoms with Crippen LogP contribution in [0.25, 0.3) is 11.5 Å². The molecule has 4 nitrogen and oxygen atoms in total. The first-order chi connectivity index (χ1) is 12.1. The van der Waals surface area contributed by atoms with E-state index >= 15 is 0 Å². The molecular formula is C19H17BrFN3O. The van der Waals surface area contributed by atoms with Gasteiger partial charge < -0.3 is 9.32 Å². The van der Waals surface area contributed by atoms with Gasteiger partial charge in [-0.3, -0.25) is 0 Å². The molecule has 0 fully saturated rings. The minimum atomic E-state index is -0.134. The Bertz CT molecular complexity index is 925. The Morgan fingerprint density at radius 3 is 2.96 bits per heavy atom. The van der Waals surface area contributed by atoms with E-state index in [2.05, 4.69) is 31.0 Å². The SMILES string of the molecule is Cc1ccc(F)c2c1N(Cc1nnc(-c3cccc(Br)c3)o1)CCC2. The lowest BCUT2D eigenvalue weighted by molar-refractivity contribution is 0.490. The number of halogens is 2. The van der Waals surface area contributed by atoms with Gasteiger partial charge in [0.15, 0.2) is 0 Å². The molecule has 3 aromatic rings. The maximum Gasteiger partial charge on any atom is 0.247 e. The van der Waals surface area contributed by atoms with Crippen LogP contribution < -0.4 is 4.90 Å². The summed E-state index contributed by atoms with van der Waals surface area (Å²) in [4.78, 5) is 2.13. The summed E-state index contributed by atoms with van der Waals surface area (Å²) in [5, 5.41) is 8.32. The molecule has 0 radical (unpaired) electrons. The molecule has 1 aliphatic heterocycles. The first-order valence-electron chi connectivity index (χ1n) is 8.23. The van der Waals surface area contributed by atoms with E-state index in [0.717, 1.165) is 46.2 Å². The predicted octanol–water partition coefficient (Wildman–Crippen LogP) is 4.90. The van der Waals surface area contributed by atoms with Gasteiger partial charge >= 0.3 is 0 Å². The van der Waals surface area contributed by atoms with Crippen molar-refractivity contribution in [2.24, 2.45) is 0 Å². The zero-order valence-electron chi connectivity index (χ0n) is 13.8. The van der Waals surface area contributed by atoms with Gasteiger partial charge in [-0.2, -0.15) is 0 Å². The Labute approximate surface area is 153 Å². The van der Waals surface area contributed by atoms with Crippen LogP contribution in [0.4, 0.5) is 10.1 Å². The number of hydrogen-bond acceptors (Lipinski definition) is 4. The Morgan fingerprint density at radius 1 is 1.24 bits per heavy atom. The molecule has 25 heavy (non-hydrogen) atoms. The van der Waals surface area contributed by atoms with Crippen LogP contribution in [-0.4, -0.2) is 16.7 Å². The van der Waals surface area contributed by atoms with E-state index in [9.17, 15) is 4.39 Å². The van der Waals surface area contributed by atoms with Gasteiger partial charge in [0.2, 0.25) is 11.8 Å². The van der Waals surface area contributed by atoms with Gasteiger partial charge in [0.1, 0.15) is 5.82 Å². The average molecular weight is 402 g/mol. The summed E-state index contributed by atoms with van der Waals surface area (Å²) < 4.78 is 20.9. The molecule has 0 bridgehead atoms. The van der Waals surface area contributed by atoms with Gasteiger partial charge in [-0.25, -0.2) is 4.39 Å². The number of nitrogens with zero attached hydrogens (tertiary/aromatic N) is 3. The van der Waals surface area contributed by atoms with Gasteiger partial charge in [-0.15, -0.1) is 10.2 Å². The maximum absolute atomic E-state index is 14.1. The third-order valence-corrected chi connectivity index (χ3v) is 4.96. The molecule has 0 unspecified atom stereocenters. The van der Waals surface area contributed by atoms with E-state index in [0.29, 0.717) is 18.3 Å². The van der Waals surface area contributed by atoms with Gasteiger partial charge in [0.25, 0.3) is 0 Å². The summed E-state index contributed by atoms with van der Waals surface area (Å²) in [5.74, 6) is 0.890. The van der Waals surface area contributed by atoms with Crippen LogP contribution in [-0.2, 0) is 13.0 Å². The maximum atomic E-state index is 14.1. The Kier molecular flexibility index (Phi) is 4.29. The van der Waals surface area contributed by atoms with Crippen molar-refractivity contribution < 1.29 is 8.81 Å². The summed E-state index contributed by atoms with van der Waals surface area (Å²) in [7, 11) is 0. The molecule has 0 spiro atoms.